The van der Waals surface area contributed by atoms with Crippen LogP contribution in [0.3, 0.4) is 0 Å². The van der Waals surface area contributed by atoms with Gasteiger partial charge in [0.2, 0.25) is 5.91 Å². The molecule has 0 spiro atoms. The van der Waals surface area contributed by atoms with Gasteiger partial charge in [0.05, 0.1) is 23.2 Å². The average molecular weight is 492 g/mol. The zero-order valence-electron chi connectivity index (χ0n) is 17.5. The third kappa shape index (κ3) is 4.88. The zero-order valence-corrected chi connectivity index (χ0v) is 19.8. The topological polar surface area (TPSA) is 23.6 Å². The molecule has 1 atom stereocenters. The van der Waals surface area contributed by atoms with E-state index < -0.39 is 5.82 Å². The second-order valence-electron chi connectivity index (χ2n) is 7.93. The van der Waals surface area contributed by atoms with Crippen LogP contribution in [-0.2, 0) is 11.2 Å². The maximum Gasteiger partial charge on any atom is 0.227 e. The van der Waals surface area contributed by atoms with Gasteiger partial charge in [-0.3, -0.25) is 4.79 Å². The Morgan fingerprint density at radius 1 is 1.00 bits per heavy atom. The second kappa shape index (κ2) is 9.70. The Kier molecular flexibility index (Phi) is 6.94. The highest BCUT2D eigenvalue weighted by atomic mass is 35.5. The molecule has 1 unspecified atom stereocenters. The summed E-state index contributed by atoms with van der Waals surface area (Å²) in [5.41, 5.74) is 3.25. The highest BCUT2D eigenvalue weighted by Gasteiger charge is 2.32. The van der Waals surface area contributed by atoms with Crippen LogP contribution in [0.2, 0.25) is 15.1 Å². The number of hydrogen-bond donors (Lipinski definition) is 0. The van der Waals surface area contributed by atoms with Crippen molar-refractivity contribution < 1.29 is 9.18 Å². The lowest BCUT2D eigenvalue weighted by Crippen LogP contribution is -2.51. The Morgan fingerprint density at radius 3 is 2.44 bits per heavy atom. The number of carbonyl (C=O) groups is 1. The lowest BCUT2D eigenvalue weighted by Gasteiger charge is -2.43. The van der Waals surface area contributed by atoms with Crippen LogP contribution in [-0.4, -0.2) is 30.4 Å². The van der Waals surface area contributed by atoms with E-state index >= 15 is 0 Å². The fraction of sp³-hybridized carbons (Fsp3) is 0.240. The van der Waals surface area contributed by atoms with E-state index in [2.05, 4.69) is 4.90 Å². The molecule has 1 heterocycles. The summed E-state index contributed by atoms with van der Waals surface area (Å²) in [4.78, 5) is 17.1. The van der Waals surface area contributed by atoms with Crippen LogP contribution in [0.4, 0.5) is 10.1 Å². The van der Waals surface area contributed by atoms with Crippen molar-refractivity contribution in [2.75, 3.05) is 24.5 Å². The normalized spacial score (nSPS) is 16.3. The predicted octanol–water partition coefficient (Wildman–Crippen LogP) is 6.73. The number of aryl methyl sites for hydroxylation is 1. The fourth-order valence-corrected chi connectivity index (χ4v) is 4.78. The number of anilines is 1. The number of nitrogens with zero attached hydrogens (tertiary/aromatic N) is 2. The van der Waals surface area contributed by atoms with Gasteiger partial charge in [-0.15, -0.1) is 0 Å². The van der Waals surface area contributed by atoms with Gasteiger partial charge in [0, 0.05) is 35.2 Å². The van der Waals surface area contributed by atoms with Gasteiger partial charge in [-0.1, -0.05) is 59.1 Å². The van der Waals surface area contributed by atoms with Crippen molar-refractivity contribution in [3.05, 3.63) is 98.2 Å². The molecule has 3 aromatic carbocycles. The van der Waals surface area contributed by atoms with Gasteiger partial charge < -0.3 is 9.80 Å². The molecule has 0 bridgehead atoms. The summed E-state index contributed by atoms with van der Waals surface area (Å²) in [6, 6.07) is 17.9. The molecule has 1 aliphatic heterocycles. The van der Waals surface area contributed by atoms with Crippen LogP contribution in [0.5, 0.6) is 0 Å². The third-order valence-corrected chi connectivity index (χ3v) is 6.70. The van der Waals surface area contributed by atoms with E-state index in [0.29, 0.717) is 29.7 Å². The molecule has 1 amide bonds. The molecular weight excluding hydrogens is 470 g/mol. The first-order valence-corrected chi connectivity index (χ1v) is 11.5. The third-order valence-electron chi connectivity index (χ3n) is 5.79. The first-order chi connectivity index (χ1) is 15.3. The van der Waals surface area contributed by atoms with Crippen LogP contribution in [0.1, 0.15) is 22.7 Å². The lowest BCUT2D eigenvalue weighted by molar-refractivity contribution is -0.131. The van der Waals surface area contributed by atoms with Crippen molar-refractivity contribution in [3.63, 3.8) is 0 Å². The van der Waals surface area contributed by atoms with Crippen LogP contribution in [0, 0.1) is 12.7 Å². The Labute approximate surface area is 202 Å². The van der Waals surface area contributed by atoms with E-state index in [-0.39, 0.29) is 29.0 Å². The van der Waals surface area contributed by atoms with Crippen molar-refractivity contribution >= 4 is 46.4 Å². The zero-order chi connectivity index (χ0) is 22.8. The molecule has 0 aliphatic carbocycles. The highest BCUT2D eigenvalue weighted by Crippen LogP contribution is 2.36. The number of halogens is 4. The van der Waals surface area contributed by atoms with Crippen molar-refractivity contribution in [3.8, 4) is 0 Å². The molecule has 32 heavy (non-hydrogen) atoms. The Morgan fingerprint density at radius 2 is 1.75 bits per heavy atom. The van der Waals surface area contributed by atoms with E-state index in [1.807, 2.05) is 49.4 Å². The minimum Gasteiger partial charge on any atom is -0.360 e. The van der Waals surface area contributed by atoms with E-state index in [9.17, 15) is 9.18 Å². The van der Waals surface area contributed by atoms with Crippen molar-refractivity contribution in [2.45, 2.75) is 19.4 Å². The quantitative estimate of drug-likeness (QED) is 0.404. The van der Waals surface area contributed by atoms with Gasteiger partial charge in [0.25, 0.3) is 0 Å². The molecule has 1 aliphatic rings. The van der Waals surface area contributed by atoms with Gasteiger partial charge in [-0.05, 0) is 54.4 Å². The number of carbonyl (C=O) groups excluding carboxylic acids is 1. The molecule has 1 fully saturated rings. The van der Waals surface area contributed by atoms with Gasteiger partial charge in [-0.2, -0.15) is 0 Å². The molecule has 3 nitrogen and oxygen atoms in total. The van der Waals surface area contributed by atoms with Crippen molar-refractivity contribution in [1.29, 1.82) is 0 Å². The van der Waals surface area contributed by atoms with Gasteiger partial charge in [0.15, 0.2) is 0 Å². The maximum absolute atomic E-state index is 14.2. The minimum atomic E-state index is -0.467. The number of benzene rings is 3. The SMILES string of the molecule is Cc1ccc(N2CCN(C(=O)Cc3c(F)cccc3Cl)CC2c2ccc(Cl)cc2)c(Cl)c1. The van der Waals surface area contributed by atoms with Crippen LogP contribution < -0.4 is 4.90 Å². The first-order valence-electron chi connectivity index (χ1n) is 10.3. The largest absolute Gasteiger partial charge is 0.360 e. The van der Waals surface area contributed by atoms with Crippen molar-refractivity contribution in [2.24, 2.45) is 0 Å². The number of amides is 1. The van der Waals surface area contributed by atoms with E-state index in [1.54, 1.807) is 11.0 Å². The predicted molar refractivity (Wildman–Crippen MR) is 129 cm³/mol. The number of piperazine rings is 1. The Hall–Kier alpha value is -2.27. The summed E-state index contributed by atoms with van der Waals surface area (Å²) in [5.74, 6) is -0.629. The summed E-state index contributed by atoms with van der Waals surface area (Å²) >= 11 is 18.8. The molecule has 4 rings (SSSR count). The minimum absolute atomic E-state index is 0.0792. The molecule has 166 valence electrons. The summed E-state index contributed by atoms with van der Waals surface area (Å²) in [6.45, 7) is 3.53. The fourth-order valence-electron chi connectivity index (χ4n) is 4.08. The van der Waals surface area contributed by atoms with Gasteiger partial charge >= 0.3 is 0 Å². The molecule has 0 aromatic heterocycles. The Balaban J connectivity index is 1.62. The molecule has 3 aromatic rings. The maximum atomic E-state index is 14.2. The standard InChI is InChI=1S/C25H22Cl3FN2O/c1-16-5-10-23(21(28)13-16)31-12-11-30(15-24(31)17-6-8-18(26)9-7-17)25(32)14-19-20(27)3-2-4-22(19)29/h2-10,13,24H,11-12,14-15H2,1H3. The van der Waals surface area contributed by atoms with E-state index in [0.717, 1.165) is 16.8 Å². The molecule has 7 heteroatoms. The van der Waals surface area contributed by atoms with Crippen LogP contribution >= 0.6 is 34.8 Å². The summed E-state index contributed by atoms with van der Waals surface area (Å²) in [6.07, 6.45) is -0.0792. The number of rotatable bonds is 4. The first kappa shape index (κ1) is 22.9. The van der Waals surface area contributed by atoms with Gasteiger partial charge in [0.1, 0.15) is 5.82 Å². The molecule has 1 saturated heterocycles. The van der Waals surface area contributed by atoms with Crippen molar-refractivity contribution in [1.82, 2.24) is 4.90 Å². The Bertz CT molecular complexity index is 1120. The summed E-state index contributed by atoms with van der Waals surface area (Å²) < 4.78 is 14.2. The summed E-state index contributed by atoms with van der Waals surface area (Å²) in [5, 5.41) is 1.58. The van der Waals surface area contributed by atoms with Crippen LogP contribution in [0.25, 0.3) is 0 Å². The second-order valence-corrected chi connectivity index (χ2v) is 9.18. The molecule has 0 N–H and O–H groups in total. The lowest BCUT2D eigenvalue weighted by atomic mass is 10.00. The monoisotopic (exact) mass is 490 g/mol. The van der Waals surface area contributed by atoms with E-state index in [4.69, 9.17) is 34.8 Å². The van der Waals surface area contributed by atoms with E-state index in [1.165, 1.54) is 12.1 Å². The molecule has 0 saturated carbocycles. The molecular formula is C25H22Cl3FN2O. The summed E-state index contributed by atoms with van der Waals surface area (Å²) in [7, 11) is 0. The average Bonchev–Trinajstić information content (AvgIpc) is 2.77. The smallest absolute Gasteiger partial charge is 0.227 e. The van der Waals surface area contributed by atoms with Crippen LogP contribution in [0.15, 0.2) is 60.7 Å². The highest BCUT2D eigenvalue weighted by molar-refractivity contribution is 6.33. The van der Waals surface area contributed by atoms with Gasteiger partial charge in [-0.25, -0.2) is 4.39 Å². The number of hydrogen-bond acceptors (Lipinski definition) is 2. The molecule has 0 radical (unpaired) electrons.